The first-order chi connectivity index (χ1) is 16.1. The zero-order chi connectivity index (χ0) is 23.2. The third-order valence-electron chi connectivity index (χ3n) is 6.78. The van der Waals surface area contributed by atoms with E-state index in [4.69, 9.17) is 9.47 Å². The smallest absolute Gasteiger partial charge is 0.251 e. The second-order valence-electron chi connectivity index (χ2n) is 9.15. The second kappa shape index (κ2) is 11.1. The summed E-state index contributed by atoms with van der Waals surface area (Å²) in [7, 11) is 1.68. The van der Waals surface area contributed by atoms with E-state index in [1.54, 1.807) is 7.11 Å². The van der Waals surface area contributed by atoms with Gasteiger partial charge in [0.25, 0.3) is 5.91 Å². The minimum Gasteiger partial charge on any atom is -0.382 e. The number of rotatable bonds is 10. The van der Waals surface area contributed by atoms with Gasteiger partial charge in [-0.15, -0.1) is 0 Å². The molecular weight excluding hydrogens is 412 g/mol. The average molecular weight is 449 g/mol. The Morgan fingerprint density at radius 2 is 1.88 bits per heavy atom. The van der Waals surface area contributed by atoms with E-state index in [1.807, 2.05) is 0 Å². The van der Waals surface area contributed by atoms with Crippen LogP contribution in [-0.4, -0.2) is 50.3 Å². The van der Waals surface area contributed by atoms with E-state index in [0.717, 1.165) is 42.5 Å². The zero-order valence-corrected chi connectivity index (χ0v) is 20.2. The van der Waals surface area contributed by atoms with Gasteiger partial charge in [-0.05, 0) is 73.0 Å². The number of methoxy groups -OCH3 is 1. The Labute approximate surface area is 197 Å². The number of hydrogen-bond donors (Lipinski definition) is 1. The maximum atomic E-state index is 13.8. The third kappa shape index (κ3) is 5.91. The molecule has 1 aliphatic heterocycles. The highest BCUT2D eigenvalue weighted by atomic mass is 16.5. The van der Waals surface area contributed by atoms with E-state index >= 15 is 0 Å². The molecule has 1 N–H and O–H groups in total. The van der Waals surface area contributed by atoms with E-state index < -0.39 is 0 Å². The molecule has 33 heavy (non-hydrogen) atoms. The summed E-state index contributed by atoms with van der Waals surface area (Å²) >= 11 is 0. The first kappa shape index (κ1) is 23.7. The molecule has 1 aliphatic carbocycles. The molecule has 0 saturated heterocycles. The van der Waals surface area contributed by atoms with Crippen molar-refractivity contribution in [2.45, 2.75) is 52.3 Å². The Morgan fingerprint density at radius 1 is 1.09 bits per heavy atom. The van der Waals surface area contributed by atoms with E-state index in [1.165, 1.54) is 22.3 Å². The molecule has 4 rings (SSSR count). The predicted octanol–water partition coefficient (Wildman–Crippen LogP) is 4.40. The molecule has 0 unspecified atom stereocenters. The van der Waals surface area contributed by atoms with Gasteiger partial charge in [0.05, 0.1) is 19.8 Å². The highest BCUT2D eigenvalue weighted by Crippen LogP contribution is 2.33. The molecule has 0 atom stereocenters. The highest BCUT2D eigenvalue weighted by molar-refractivity contribution is 6.02. The molecule has 2 aromatic rings. The lowest BCUT2D eigenvalue weighted by molar-refractivity contribution is -0.128. The van der Waals surface area contributed by atoms with Gasteiger partial charge in [-0.3, -0.25) is 4.79 Å². The molecule has 1 heterocycles. The largest absolute Gasteiger partial charge is 0.382 e. The van der Waals surface area contributed by atoms with Crippen LogP contribution < -0.4 is 5.32 Å². The van der Waals surface area contributed by atoms with Crippen molar-refractivity contribution in [2.24, 2.45) is 0 Å². The Hall–Kier alpha value is -2.47. The van der Waals surface area contributed by atoms with Crippen molar-refractivity contribution >= 4 is 11.5 Å². The molecule has 0 radical (unpaired) electrons. The van der Waals surface area contributed by atoms with Gasteiger partial charge in [0.2, 0.25) is 0 Å². The van der Waals surface area contributed by atoms with E-state index in [0.29, 0.717) is 39.0 Å². The number of carbonyl (C=O) groups is 1. The van der Waals surface area contributed by atoms with Crippen LogP contribution in [0.3, 0.4) is 0 Å². The summed E-state index contributed by atoms with van der Waals surface area (Å²) < 4.78 is 10.7. The van der Waals surface area contributed by atoms with Crippen LogP contribution in [0, 0.1) is 13.8 Å². The third-order valence-corrected chi connectivity index (χ3v) is 6.78. The quantitative estimate of drug-likeness (QED) is 0.547. The molecule has 1 fully saturated rings. The van der Waals surface area contributed by atoms with Gasteiger partial charge in [-0.25, -0.2) is 0 Å². The van der Waals surface area contributed by atoms with Crippen molar-refractivity contribution in [2.75, 3.05) is 33.4 Å². The van der Waals surface area contributed by atoms with Crippen LogP contribution in [-0.2, 0) is 27.4 Å². The average Bonchev–Trinajstić information content (AvgIpc) is 3.68. The standard InChI is InChI=1S/C28H36N2O3/c1-20-5-4-6-24(21(20)2)18-30(25-11-12-25)28(31)27-17-29-14-13-26(27)23-9-7-22(8-10-23)19-33-16-15-32-3/h4-10,25,29H,11-19H2,1-3H3. The number of ether oxygens (including phenoxy) is 2. The number of carbonyl (C=O) groups excluding carboxylic acids is 1. The molecule has 1 amide bonds. The lowest BCUT2D eigenvalue weighted by Crippen LogP contribution is -2.39. The van der Waals surface area contributed by atoms with Crippen LogP contribution in [0.4, 0.5) is 0 Å². The summed E-state index contributed by atoms with van der Waals surface area (Å²) in [6.07, 6.45) is 3.07. The summed E-state index contributed by atoms with van der Waals surface area (Å²) in [5, 5.41) is 3.43. The van der Waals surface area contributed by atoms with E-state index in [-0.39, 0.29) is 5.91 Å². The van der Waals surface area contributed by atoms with Gasteiger partial charge >= 0.3 is 0 Å². The first-order valence-electron chi connectivity index (χ1n) is 12.0. The normalized spacial score (nSPS) is 16.2. The topological polar surface area (TPSA) is 50.8 Å². The Balaban J connectivity index is 1.54. The number of hydrogen-bond acceptors (Lipinski definition) is 4. The van der Waals surface area contributed by atoms with Gasteiger partial charge in [0.15, 0.2) is 0 Å². The second-order valence-corrected chi connectivity index (χ2v) is 9.15. The van der Waals surface area contributed by atoms with Crippen LogP contribution in [0.15, 0.2) is 48.0 Å². The molecule has 176 valence electrons. The SMILES string of the molecule is COCCOCc1ccc(C2=C(C(=O)N(Cc3cccc(C)c3C)C3CC3)CNCC2)cc1. The van der Waals surface area contributed by atoms with E-state index in [2.05, 4.69) is 66.5 Å². The van der Waals surface area contributed by atoms with Gasteiger partial charge in [0, 0.05) is 31.8 Å². The van der Waals surface area contributed by atoms with Crippen molar-refractivity contribution < 1.29 is 14.3 Å². The fourth-order valence-corrected chi connectivity index (χ4v) is 4.44. The maximum absolute atomic E-state index is 13.8. The van der Waals surface area contributed by atoms with Gasteiger partial charge in [-0.1, -0.05) is 42.5 Å². The minimum absolute atomic E-state index is 0.188. The van der Waals surface area contributed by atoms with E-state index in [9.17, 15) is 4.79 Å². The molecule has 2 aromatic carbocycles. The minimum atomic E-state index is 0.188. The summed E-state index contributed by atoms with van der Waals surface area (Å²) in [5.74, 6) is 0.188. The number of benzene rings is 2. The van der Waals surface area contributed by atoms with Gasteiger partial charge in [-0.2, -0.15) is 0 Å². The molecule has 5 nitrogen and oxygen atoms in total. The van der Waals surface area contributed by atoms with Crippen LogP contribution in [0.2, 0.25) is 0 Å². The molecule has 0 bridgehead atoms. The summed E-state index contributed by atoms with van der Waals surface area (Å²) in [6.45, 7) is 8.27. The fraction of sp³-hybridized carbons (Fsp3) is 0.464. The van der Waals surface area contributed by atoms with Crippen molar-refractivity contribution in [3.8, 4) is 0 Å². The Bertz CT molecular complexity index is 993. The number of aryl methyl sites for hydroxylation is 1. The lowest BCUT2D eigenvalue weighted by Gasteiger charge is -2.29. The lowest BCUT2D eigenvalue weighted by atomic mass is 9.92. The fourth-order valence-electron chi connectivity index (χ4n) is 4.44. The monoisotopic (exact) mass is 448 g/mol. The maximum Gasteiger partial charge on any atom is 0.251 e. The summed E-state index contributed by atoms with van der Waals surface area (Å²) in [4.78, 5) is 15.9. The molecule has 2 aliphatic rings. The summed E-state index contributed by atoms with van der Waals surface area (Å²) in [6, 6.07) is 15.2. The molecule has 1 saturated carbocycles. The highest BCUT2D eigenvalue weighted by Gasteiger charge is 2.35. The van der Waals surface area contributed by atoms with Crippen molar-refractivity contribution in [3.05, 3.63) is 75.9 Å². The molecule has 0 spiro atoms. The van der Waals surface area contributed by atoms with Gasteiger partial charge in [0.1, 0.15) is 0 Å². The predicted molar refractivity (Wildman–Crippen MR) is 132 cm³/mol. The zero-order valence-electron chi connectivity index (χ0n) is 20.2. The van der Waals surface area contributed by atoms with Crippen LogP contribution in [0.5, 0.6) is 0 Å². The summed E-state index contributed by atoms with van der Waals surface area (Å²) in [5.41, 5.74) is 8.19. The number of amides is 1. The Kier molecular flexibility index (Phi) is 7.97. The molecule has 0 aromatic heterocycles. The molecule has 5 heteroatoms. The molecular formula is C28H36N2O3. The van der Waals surface area contributed by atoms with Crippen LogP contribution in [0.25, 0.3) is 5.57 Å². The number of nitrogens with one attached hydrogen (secondary N) is 1. The Morgan fingerprint density at radius 3 is 2.61 bits per heavy atom. The van der Waals surface area contributed by atoms with Crippen LogP contribution in [0.1, 0.15) is 47.1 Å². The van der Waals surface area contributed by atoms with Crippen molar-refractivity contribution in [1.82, 2.24) is 10.2 Å². The first-order valence-corrected chi connectivity index (χ1v) is 12.0. The van der Waals surface area contributed by atoms with Gasteiger partial charge < -0.3 is 19.7 Å². The number of nitrogens with zero attached hydrogens (tertiary/aromatic N) is 1. The van der Waals surface area contributed by atoms with Crippen molar-refractivity contribution in [3.63, 3.8) is 0 Å². The van der Waals surface area contributed by atoms with Crippen LogP contribution >= 0.6 is 0 Å². The van der Waals surface area contributed by atoms with Crippen molar-refractivity contribution in [1.29, 1.82) is 0 Å².